The summed E-state index contributed by atoms with van der Waals surface area (Å²) >= 11 is 0. The lowest BCUT2D eigenvalue weighted by Gasteiger charge is -2.11. The first kappa shape index (κ1) is 25.7. The maximum atomic E-state index is 12.5. The topological polar surface area (TPSA) is 96.0 Å². The van der Waals surface area contributed by atoms with Crippen molar-refractivity contribution in [3.63, 3.8) is 0 Å². The van der Waals surface area contributed by atoms with E-state index in [1.807, 2.05) is 0 Å². The molecule has 0 bridgehead atoms. The molecule has 2 aromatic rings. The molecule has 7 heteroatoms. The molecule has 2 rings (SSSR count). The van der Waals surface area contributed by atoms with Gasteiger partial charge in [-0.05, 0) is 68.8 Å². The summed E-state index contributed by atoms with van der Waals surface area (Å²) in [6.45, 7) is 11.7. The smallest absolute Gasteiger partial charge is 0.338 e. The number of hydrogen-bond donors (Lipinski definition) is 0. The van der Waals surface area contributed by atoms with E-state index < -0.39 is 17.9 Å². The van der Waals surface area contributed by atoms with E-state index in [4.69, 9.17) is 14.2 Å². The zero-order valence-corrected chi connectivity index (χ0v) is 19.1. The Hall–Kier alpha value is -4.52. The van der Waals surface area contributed by atoms with Crippen LogP contribution in [0, 0.1) is 0 Å². The first-order valence-electron chi connectivity index (χ1n) is 10.2. The van der Waals surface area contributed by atoms with Gasteiger partial charge in [0, 0.05) is 22.8 Å². The molecule has 0 saturated carbocycles. The van der Waals surface area contributed by atoms with Crippen molar-refractivity contribution in [1.82, 2.24) is 0 Å². The second kappa shape index (κ2) is 11.9. The van der Waals surface area contributed by atoms with Crippen LogP contribution in [-0.4, -0.2) is 23.7 Å². The van der Waals surface area contributed by atoms with Gasteiger partial charge in [-0.25, -0.2) is 14.4 Å². The molecule has 0 aliphatic rings. The van der Waals surface area contributed by atoms with Crippen LogP contribution in [0.5, 0.6) is 17.2 Å². The van der Waals surface area contributed by atoms with Crippen molar-refractivity contribution in [2.24, 2.45) is 0 Å². The molecule has 0 heterocycles. The summed E-state index contributed by atoms with van der Waals surface area (Å²) in [6, 6.07) is 10.6. The fourth-order valence-electron chi connectivity index (χ4n) is 2.41. The number of ether oxygens (including phenoxy) is 3. The lowest BCUT2D eigenvalue weighted by molar-refractivity contribution is -0.132. The number of benzene rings is 2. The molecular weight excluding hydrogens is 436 g/mol. The number of ketones is 1. The third-order valence-corrected chi connectivity index (χ3v) is 4.16. The van der Waals surface area contributed by atoms with Crippen LogP contribution in [0.25, 0.3) is 6.08 Å². The molecule has 0 aliphatic heterocycles. The van der Waals surface area contributed by atoms with E-state index in [1.165, 1.54) is 68.5 Å². The van der Waals surface area contributed by atoms with Crippen molar-refractivity contribution in [1.29, 1.82) is 0 Å². The molecule has 0 fully saturated rings. The minimum atomic E-state index is -0.694. The zero-order chi connectivity index (χ0) is 25.3. The summed E-state index contributed by atoms with van der Waals surface area (Å²) < 4.78 is 15.6. The third-order valence-electron chi connectivity index (χ3n) is 4.16. The Morgan fingerprint density at radius 1 is 0.765 bits per heavy atom. The fraction of sp³-hybridized carbons (Fsp3) is 0.111. The SMILES string of the molecule is C=C(C)C(=O)Oc1ccc(C=CC(=O)c2ccc(OC(=O)C=CC)cc2)cc1OC(=O)C(=C)C. The largest absolute Gasteiger partial charge is 0.423 e. The van der Waals surface area contributed by atoms with Crippen LogP contribution in [0.4, 0.5) is 0 Å². The highest BCUT2D eigenvalue weighted by atomic mass is 16.6. The molecule has 174 valence electrons. The molecule has 34 heavy (non-hydrogen) atoms. The zero-order valence-electron chi connectivity index (χ0n) is 19.1. The first-order valence-corrected chi connectivity index (χ1v) is 10.2. The highest BCUT2D eigenvalue weighted by molar-refractivity contribution is 6.07. The second-order valence-electron chi connectivity index (χ2n) is 7.19. The Morgan fingerprint density at radius 3 is 1.91 bits per heavy atom. The third kappa shape index (κ3) is 7.56. The maximum Gasteiger partial charge on any atom is 0.338 e. The Bertz CT molecular complexity index is 1200. The summed E-state index contributed by atoms with van der Waals surface area (Å²) in [6.07, 6.45) is 5.70. The molecule has 0 spiro atoms. The van der Waals surface area contributed by atoms with Gasteiger partial charge >= 0.3 is 17.9 Å². The molecule has 0 aliphatic carbocycles. The molecule has 0 radical (unpaired) electrons. The standard InChI is InChI=1S/C27H24O7/c1-6-7-25(29)32-21-12-10-20(11-13-21)22(28)14-8-19-9-15-23(33-26(30)17(2)3)24(16-19)34-27(31)18(4)5/h6-16H,2,4H2,1,3,5H3. The van der Waals surface area contributed by atoms with Gasteiger partial charge in [-0.15, -0.1) is 0 Å². The predicted molar refractivity (Wildman–Crippen MR) is 128 cm³/mol. The van der Waals surface area contributed by atoms with E-state index in [0.29, 0.717) is 16.9 Å². The lowest BCUT2D eigenvalue weighted by Crippen LogP contribution is -2.12. The van der Waals surface area contributed by atoms with Gasteiger partial charge in [0.1, 0.15) is 5.75 Å². The quantitative estimate of drug-likeness (QED) is 0.224. The molecule has 0 saturated heterocycles. The van der Waals surface area contributed by atoms with Crippen LogP contribution in [0.2, 0.25) is 0 Å². The van der Waals surface area contributed by atoms with E-state index in [1.54, 1.807) is 19.1 Å². The number of rotatable bonds is 9. The molecule has 0 aromatic heterocycles. The van der Waals surface area contributed by atoms with Crippen molar-refractivity contribution in [2.75, 3.05) is 0 Å². The fourth-order valence-corrected chi connectivity index (χ4v) is 2.41. The molecule has 0 amide bonds. The number of esters is 3. The number of hydrogen-bond acceptors (Lipinski definition) is 7. The molecule has 2 aromatic carbocycles. The minimum absolute atomic E-state index is 0.00973. The van der Waals surface area contributed by atoms with Gasteiger partial charge in [0.05, 0.1) is 0 Å². The Labute approximate surface area is 197 Å². The van der Waals surface area contributed by atoms with Gasteiger partial charge in [0.15, 0.2) is 17.3 Å². The van der Waals surface area contributed by atoms with Crippen molar-refractivity contribution >= 4 is 29.8 Å². The van der Waals surface area contributed by atoms with Gasteiger partial charge in [-0.3, -0.25) is 4.79 Å². The van der Waals surface area contributed by atoms with Gasteiger partial charge in [-0.1, -0.05) is 31.4 Å². The number of carbonyl (C=O) groups excluding carboxylic acids is 4. The minimum Gasteiger partial charge on any atom is -0.423 e. The molecule has 0 atom stereocenters. The monoisotopic (exact) mass is 460 g/mol. The second-order valence-corrected chi connectivity index (χ2v) is 7.19. The number of carbonyl (C=O) groups is 4. The molecule has 7 nitrogen and oxygen atoms in total. The van der Waals surface area contributed by atoms with Crippen LogP contribution in [0.15, 0.2) is 85.0 Å². The number of allylic oxidation sites excluding steroid dienone is 2. The van der Waals surface area contributed by atoms with Crippen LogP contribution in [0.1, 0.15) is 36.7 Å². The summed E-state index contributed by atoms with van der Waals surface area (Å²) in [5, 5.41) is 0. The predicted octanol–water partition coefficient (Wildman–Crippen LogP) is 5.03. The average Bonchev–Trinajstić information content (AvgIpc) is 2.79. The van der Waals surface area contributed by atoms with Crippen LogP contribution < -0.4 is 14.2 Å². The average molecular weight is 460 g/mol. The van der Waals surface area contributed by atoms with Gasteiger partial charge in [0.2, 0.25) is 0 Å². The normalized spacial score (nSPS) is 10.7. The highest BCUT2D eigenvalue weighted by Gasteiger charge is 2.15. The first-order chi connectivity index (χ1) is 16.1. The van der Waals surface area contributed by atoms with Gasteiger partial charge in [0.25, 0.3) is 0 Å². The summed E-state index contributed by atoms with van der Waals surface area (Å²) in [7, 11) is 0. The van der Waals surface area contributed by atoms with Crippen LogP contribution in [0.3, 0.4) is 0 Å². The van der Waals surface area contributed by atoms with Crippen molar-refractivity contribution in [2.45, 2.75) is 20.8 Å². The van der Waals surface area contributed by atoms with Crippen molar-refractivity contribution in [3.05, 3.63) is 96.1 Å². The van der Waals surface area contributed by atoms with Crippen LogP contribution in [-0.2, 0) is 14.4 Å². The Morgan fingerprint density at radius 2 is 1.35 bits per heavy atom. The molecule has 0 unspecified atom stereocenters. The highest BCUT2D eigenvalue weighted by Crippen LogP contribution is 2.30. The van der Waals surface area contributed by atoms with Gasteiger partial charge < -0.3 is 14.2 Å². The van der Waals surface area contributed by atoms with E-state index >= 15 is 0 Å². The molecule has 0 N–H and O–H groups in total. The Kier molecular flexibility index (Phi) is 9.02. The van der Waals surface area contributed by atoms with E-state index in [-0.39, 0.29) is 28.4 Å². The lowest BCUT2D eigenvalue weighted by atomic mass is 10.1. The maximum absolute atomic E-state index is 12.5. The van der Waals surface area contributed by atoms with Crippen molar-refractivity contribution < 1.29 is 33.4 Å². The van der Waals surface area contributed by atoms with E-state index in [2.05, 4.69) is 13.2 Å². The molecular formula is C27H24O7. The summed E-state index contributed by atoms with van der Waals surface area (Å²) in [5.74, 6) is -1.86. The van der Waals surface area contributed by atoms with E-state index in [9.17, 15) is 19.2 Å². The summed E-state index contributed by atoms with van der Waals surface area (Å²) in [5.41, 5.74) is 1.23. The van der Waals surface area contributed by atoms with E-state index in [0.717, 1.165) is 0 Å². The summed E-state index contributed by atoms with van der Waals surface area (Å²) in [4.78, 5) is 47.9. The van der Waals surface area contributed by atoms with Crippen LogP contribution >= 0.6 is 0 Å². The Balaban J connectivity index is 2.21. The van der Waals surface area contributed by atoms with Crippen molar-refractivity contribution in [3.8, 4) is 17.2 Å². The van der Waals surface area contributed by atoms with Gasteiger partial charge in [-0.2, -0.15) is 0 Å².